The molecule has 1 N–H and O–H groups in total. The van der Waals surface area contributed by atoms with Gasteiger partial charge in [-0.05, 0) is 37.1 Å². The lowest BCUT2D eigenvalue weighted by molar-refractivity contribution is 0.456. The number of hydrogen-bond acceptors (Lipinski definition) is 2. The number of nitrogens with one attached hydrogen (secondary N) is 1. The van der Waals surface area contributed by atoms with Gasteiger partial charge in [0, 0.05) is 21.2 Å². The van der Waals surface area contributed by atoms with Crippen molar-refractivity contribution in [1.29, 1.82) is 0 Å². The van der Waals surface area contributed by atoms with Crippen LogP contribution in [0.25, 0.3) is 0 Å². The van der Waals surface area contributed by atoms with Gasteiger partial charge in [0.15, 0.2) is 0 Å². The van der Waals surface area contributed by atoms with Crippen LogP contribution >= 0.6 is 27.7 Å². The van der Waals surface area contributed by atoms with Crippen molar-refractivity contribution < 1.29 is 0 Å². The molecule has 0 saturated carbocycles. The molecule has 1 nitrogen and oxygen atoms in total. The lowest BCUT2D eigenvalue weighted by atomic mass is 10.1. The highest BCUT2D eigenvalue weighted by atomic mass is 79.9. The average Bonchev–Trinajstić information content (AvgIpc) is 2.26. The zero-order valence-corrected chi connectivity index (χ0v) is 13.3. The van der Waals surface area contributed by atoms with Crippen LogP contribution in [0.3, 0.4) is 0 Å². The van der Waals surface area contributed by atoms with Gasteiger partial charge in [0.2, 0.25) is 0 Å². The molecular weight excluding hydrogens is 294 g/mol. The first kappa shape index (κ1) is 15.1. The van der Waals surface area contributed by atoms with Crippen molar-refractivity contribution in [2.45, 2.75) is 38.1 Å². The van der Waals surface area contributed by atoms with Crippen molar-refractivity contribution in [3.63, 3.8) is 0 Å². The molecule has 3 heteroatoms. The van der Waals surface area contributed by atoms with Crippen molar-refractivity contribution >= 4 is 27.7 Å². The summed E-state index contributed by atoms with van der Waals surface area (Å²) in [7, 11) is 0. The molecule has 0 radical (unpaired) electrons. The van der Waals surface area contributed by atoms with Crippen LogP contribution in [0.15, 0.2) is 33.6 Å². The Kier molecular flexibility index (Phi) is 7.24. The predicted molar refractivity (Wildman–Crippen MR) is 81.8 cm³/mol. The zero-order valence-electron chi connectivity index (χ0n) is 10.9. The summed E-state index contributed by atoms with van der Waals surface area (Å²) in [6, 6.07) is 9.14. The maximum Gasteiger partial charge on any atom is 0.0186 e. The molecule has 17 heavy (non-hydrogen) atoms. The Hall–Kier alpha value is 0.01000. The molecule has 0 aliphatic heterocycles. The van der Waals surface area contributed by atoms with Gasteiger partial charge in [-0.15, -0.1) is 11.8 Å². The van der Waals surface area contributed by atoms with Crippen molar-refractivity contribution in [1.82, 2.24) is 5.32 Å². The molecule has 96 valence electrons. The number of hydrogen-bond donors (Lipinski definition) is 1. The third kappa shape index (κ3) is 6.49. The van der Waals surface area contributed by atoms with Crippen LogP contribution in [0, 0.1) is 5.92 Å². The van der Waals surface area contributed by atoms with Crippen molar-refractivity contribution in [2.24, 2.45) is 5.92 Å². The van der Waals surface area contributed by atoms with Crippen LogP contribution in [0.1, 0.15) is 27.2 Å². The van der Waals surface area contributed by atoms with Crippen LogP contribution in [-0.4, -0.2) is 18.3 Å². The minimum Gasteiger partial charge on any atom is -0.313 e. The van der Waals surface area contributed by atoms with Gasteiger partial charge in [-0.2, -0.15) is 0 Å². The van der Waals surface area contributed by atoms with E-state index in [-0.39, 0.29) is 0 Å². The van der Waals surface area contributed by atoms with E-state index in [1.807, 2.05) is 11.8 Å². The van der Waals surface area contributed by atoms with E-state index in [0.717, 1.165) is 22.7 Å². The minimum atomic E-state index is 0.615. The highest BCUT2D eigenvalue weighted by Gasteiger charge is 2.10. The fourth-order valence-electron chi connectivity index (χ4n) is 1.82. The van der Waals surface area contributed by atoms with E-state index >= 15 is 0 Å². The van der Waals surface area contributed by atoms with E-state index in [9.17, 15) is 0 Å². The summed E-state index contributed by atoms with van der Waals surface area (Å²) < 4.78 is 1.16. The number of rotatable bonds is 7. The molecule has 0 aromatic heterocycles. The first-order valence-corrected chi connectivity index (χ1v) is 8.01. The van der Waals surface area contributed by atoms with Crippen molar-refractivity contribution in [3.8, 4) is 0 Å². The smallest absolute Gasteiger partial charge is 0.0186 e. The molecular formula is C14H22BrNS. The molecule has 0 fully saturated rings. The number of benzene rings is 1. The maximum atomic E-state index is 3.57. The molecule has 0 heterocycles. The molecule has 1 aromatic rings. The molecule has 1 aromatic carbocycles. The first-order chi connectivity index (χ1) is 8.11. The first-order valence-electron chi connectivity index (χ1n) is 6.23. The zero-order chi connectivity index (χ0) is 12.7. The van der Waals surface area contributed by atoms with E-state index in [1.165, 1.54) is 11.3 Å². The van der Waals surface area contributed by atoms with E-state index in [2.05, 4.69) is 66.3 Å². The maximum absolute atomic E-state index is 3.57. The molecule has 0 saturated heterocycles. The SMILES string of the molecule is CCNC(CSc1cccc(Br)c1)CC(C)C. The number of halogens is 1. The second kappa shape index (κ2) is 8.17. The summed E-state index contributed by atoms with van der Waals surface area (Å²) >= 11 is 5.44. The van der Waals surface area contributed by atoms with Crippen molar-refractivity contribution in [3.05, 3.63) is 28.7 Å². The van der Waals surface area contributed by atoms with Crippen LogP contribution in [0.4, 0.5) is 0 Å². The highest BCUT2D eigenvalue weighted by Crippen LogP contribution is 2.23. The Morgan fingerprint density at radius 3 is 2.71 bits per heavy atom. The third-order valence-corrected chi connectivity index (χ3v) is 4.15. The van der Waals surface area contributed by atoms with Gasteiger partial charge >= 0.3 is 0 Å². The average molecular weight is 316 g/mol. The molecule has 0 spiro atoms. The third-order valence-electron chi connectivity index (χ3n) is 2.50. The lowest BCUT2D eigenvalue weighted by Gasteiger charge is -2.19. The highest BCUT2D eigenvalue weighted by molar-refractivity contribution is 9.10. The standard InChI is InChI=1S/C14H22BrNS/c1-4-16-13(8-11(2)3)10-17-14-7-5-6-12(15)9-14/h5-7,9,11,13,16H,4,8,10H2,1-3H3. The fourth-order valence-corrected chi connectivity index (χ4v) is 3.41. The molecule has 0 amide bonds. The van der Waals surface area contributed by atoms with E-state index in [1.54, 1.807) is 0 Å². The Morgan fingerprint density at radius 2 is 2.12 bits per heavy atom. The summed E-state index contributed by atoms with van der Waals surface area (Å²) in [5.74, 6) is 1.89. The van der Waals surface area contributed by atoms with Crippen LogP contribution in [0.5, 0.6) is 0 Å². The van der Waals surface area contributed by atoms with Gasteiger partial charge in [0.25, 0.3) is 0 Å². The Bertz CT molecular complexity index is 328. The van der Waals surface area contributed by atoms with E-state index in [4.69, 9.17) is 0 Å². The van der Waals surface area contributed by atoms with E-state index in [0.29, 0.717) is 6.04 Å². The monoisotopic (exact) mass is 315 g/mol. The lowest BCUT2D eigenvalue weighted by Crippen LogP contribution is -2.32. The minimum absolute atomic E-state index is 0.615. The summed E-state index contributed by atoms with van der Waals surface area (Å²) in [6.45, 7) is 7.80. The van der Waals surface area contributed by atoms with Crippen LogP contribution in [-0.2, 0) is 0 Å². The largest absolute Gasteiger partial charge is 0.313 e. The van der Waals surface area contributed by atoms with E-state index < -0.39 is 0 Å². The van der Waals surface area contributed by atoms with Crippen LogP contribution < -0.4 is 5.32 Å². The van der Waals surface area contributed by atoms with Gasteiger partial charge in [0.05, 0.1) is 0 Å². The second-order valence-electron chi connectivity index (χ2n) is 4.65. The van der Waals surface area contributed by atoms with Gasteiger partial charge in [-0.25, -0.2) is 0 Å². The number of thioether (sulfide) groups is 1. The molecule has 1 unspecified atom stereocenters. The second-order valence-corrected chi connectivity index (χ2v) is 6.66. The summed E-state index contributed by atoms with van der Waals surface area (Å²) in [4.78, 5) is 1.34. The van der Waals surface area contributed by atoms with Crippen LogP contribution in [0.2, 0.25) is 0 Å². The van der Waals surface area contributed by atoms with Gasteiger partial charge < -0.3 is 5.32 Å². The molecule has 0 aliphatic carbocycles. The Labute approximate surface area is 118 Å². The Morgan fingerprint density at radius 1 is 1.35 bits per heavy atom. The van der Waals surface area contributed by atoms with Crippen molar-refractivity contribution in [2.75, 3.05) is 12.3 Å². The molecule has 0 bridgehead atoms. The van der Waals surface area contributed by atoms with Gasteiger partial charge in [-0.3, -0.25) is 0 Å². The summed E-state index contributed by atoms with van der Waals surface area (Å²) in [5.41, 5.74) is 0. The Balaban J connectivity index is 2.45. The van der Waals surface area contributed by atoms with Gasteiger partial charge in [-0.1, -0.05) is 42.8 Å². The quantitative estimate of drug-likeness (QED) is 0.740. The normalized spacial score (nSPS) is 13.0. The predicted octanol–water partition coefficient (Wildman–Crippen LogP) is 4.57. The molecule has 0 aliphatic rings. The summed E-state index contributed by atoms with van der Waals surface area (Å²) in [6.07, 6.45) is 1.24. The fraction of sp³-hybridized carbons (Fsp3) is 0.571. The van der Waals surface area contributed by atoms with Gasteiger partial charge in [0.1, 0.15) is 0 Å². The summed E-state index contributed by atoms with van der Waals surface area (Å²) in [5, 5.41) is 3.57. The molecule has 1 rings (SSSR count). The topological polar surface area (TPSA) is 12.0 Å². The molecule has 1 atom stereocenters.